The summed E-state index contributed by atoms with van der Waals surface area (Å²) in [5.41, 5.74) is 0. The minimum atomic E-state index is -1.64. The zero-order valence-corrected chi connectivity index (χ0v) is 45.4. The predicted molar refractivity (Wildman–Crippen MR) is 301 cm³/mol. The van der Waals surface area contributed by atoms with Gasteiger partial charge in [0.1, 0.15) is 24.4 Å². The van der Waals surface area contributed by atoms with Crippen molar-refractivity contribution in [1.82, 2.24) is 5.32 Å². The molecule has 8 atom stereocenters. The van der Waals surface area contributed by atoms with Crippen molar-refractivity contribution in [2.45, 2.75) is 243 Å². The number of nitrogens with one attached hydrogen (secondary N) is 1. The highest BCUT2D eigenvalue weighted by atomic mass is 16.7. The smallest absolute Gasteiger partial charge is 0.306 e. The predicted octanol–water partition coefficient (Wildman–Crippen LogP) is 12.7. The Bertz CT molecular complexity index is 1640. The lowest BCUT2D eigenvalue weighted by atomic mass is 9.99. The minimum Gasteiger partial charge on any atom is -0.454 e. The molecular formula is C62H101NO10. The second-order valence-electron chi connectivity index (χ2n) is 18.9. The molecule has 1 saturated heterocycles. The first kappa shape index (κ1) is 67.1. The number of aliphatic hydroxyl groups is 5. The molecule has 1 aliphatic rings. The van der Waals surface area contributed by atoms with Crippen LogP contribution in [0.25, 0.3) is 0 Å². The van der Waals surface area contributed by atoms with Crippen LogP contribution >= 0.6 is 0 Å². The summed E-state index contributed by atoms with van der Waals surface area (Å²) < 4.78 is 17.5. The number of ether oxygens (including phenoxy) is 3. The van der Waals surface area contributed by atoms with Crippen molar-refractivity contribution in [2.75, 3.05) is 13.2 Å². The van der Waals surface area contributed by atoms with Crippen molar-refractivity contribution >= 4 is 11.9 Å². The topological polar surface area (TPSA) is 175 Å². The number of carbonyl (C=O) groups excluding carboxylic acids is 2. The van der Waals surface area contributed by atoms with Crippen LogP contribution in [0.4, 0.5) is 0 Å². The fourth-order valence-electron chi connectivity index (χ4n) is 7.91. The molecular weight excluding hydrogens is 919 g/mol. The van der Waals surface area contributed by atoms with Gasteiger partial charge < -0.3 is 45.1 Å². The van der Waals surface area contributed by atoms with Crippen LogP contribution in [0, 0.1) is 0 Å². The van der Waals surface area contributed by atoms with Crippen molar-refractivity contribution in [3.63, 3.8) is 0 Å². The van der Waals surface area contributed by atoms with E-state index in [1.807, 2.05) is 18.2 Å². The molecule has 1 rings (SSSR count). The van der Waals surface area contributed by atoms with Crippen molar-refractivity contribution in [3.8, 4) is 0 Å². The highest BCUT2D eigenvalue weighted by molar-refractivity contribution is 5.81. The average Bonchev–Trinajstić information content (AvgIpc) is 3.39. The molecule has 0 aromatic heterocycles. The van der Waals surface area contributed by atoms with Gasteiger partial charge >= 0.3 is 5.97 Å². The molecule has 1 amide bonds. The number of unbranched alkanes of at least 4 members (excludes halogenated alkanes) is 14. The molecule has 1 fully saturated rings. The Balaban J connectivity index is 2.82. The standard InChI is InChI=1S/C62H101NO10/c1-4-7-10-13-16-19-22-25-27-28-29-30-31-34-37-40-43-46-49-55(66)61(70)63-53(54(65)48-45-42-39-36-33-24-21-18-15-12-9-6-3)52-71-62-60(59(69)58(68)56(51-64)72-62)73-57(67)50-47-44-41-38-35-32-26-23-20-17-14-11-8-5-2/h7-8,10-11,16-17,19-20,25-27,29-30,32,34,37,43,45-46,48,53-56,58-60,62,64-66,68-69H,4-6,9,12-15,18,21-24,28,31,33,35-36,38-42,44,47,49-52H2,1-3H3,(H,63,70)/b10-7-,11-8+,19-16-,20-17+,27-25-,30-29-,32-26+,37-34-,46-43-,48-45+. The zero-order valence-electron chi connectivity index (χ0n) is 45.4. The zero-order chi connectivity index (χ0) is 53.3. The number of carbonyl (C=O) groups is 2. The van der Waals surface area contributed by atoms with Gasteiger partial charge in [-0.2, -0.15) is 0 Å². The highest BCUT2D eigenvalue weighted by Crippen LogP contribution is 2.26. The SMILES string of the molecule is CC/C=C\C/C=C\C/C=C\C/C=C\C/C=C\C/C=C\CC(O)C(=O)NC(COC1OC(CO)C(O)C(O)C1OC(=O)CCCCCC/C=C/C/C=C/C/C=C/CC)C(O)/C=C/CCCCCCCCCCCC. The van der Waals surface area contributed by atoms with Gasteiger partial charge in [-0.3, -0.25) is 9.59 Å². The Kier molecular flexibility index (Phi) is 45.0. The molecule has 8 unspecified atom stereocenters. The monoisotopic (exact) mass is 1020 g/mol. The molecule has 414 valence electrons. The molecule has 11 nitrogen and oxygen atoms in total. The van der Waals surface area contributed by atoms with Crippen LogP contribution in [-0.4, -0.2) is 99.6 Å². The maximum absolute atomic E-state index is 13.3. The lowest BCUT2D eigenvalue weighted by Crippen LogP contribution is -2.61. The normalized spacial score (nSPS) is 20.4. The van der Waals surface area contributed by atoms with Crippen LogP contribution < -0.4 is 5.32 Å². The molecule has 0 saturated carbocycles. The third-order valence-corrected chi connectivity index (χ3v) is 12.4. The van der Waals surface area contributed by atoms with Gasteiger partial charge in [-0.15, -0.1) is 0 Å². The summed E-state index contributed by atoms with van der Waals surface area (Å²) in [6.07, 6.45) is 56.9. The van der Waals surface area contributed by atoms with E-state index in [1.165, 1.54) is 44.9 Å². The fraction of sp³-hybridized carbons (Fsp3) is 0.645. The van der Waals surface area contributed by atoms with Crippen LogP contribution in [0.15, 0.2) is 122 Å². The Labute approximate surface area is 442 Å². The molecule has 0 aliphatic carbocycles. The van der Waals surface area contributed by atoms with E-state index in [0.29, 0.717) is 12.8 Å². The molecule has 0 spiro atoms. The van der Waals surface area contributed by atoms with Crippen LogP contribution in [0.2, 0.25) is 0 Å². The third-order valence-electron chi connectivity index (χ3n) is 12.4. The summed E-state index contributed by atoms with van der Waals surface area (Å²) in [5, 5.41) is 56.7. The second kappa shape index (κ2) is 49.0. The number of hydrogen-bond donors (Lipinski definition) is 6. The molecule has 0 aromatic carbocycles. The minimum absolute atomic E-state index is 0.0489. The quantitative estimate of drug-likeness (QED) is 0.0196. The summed E-state index contributed by atoms with van der Waals surface area (Å²) in [6, 6.07) is -1.08. The first-order valence-electron chi connectivity index (χ1n) is 28.3. The number of esters is 1. The van der Waals surface area contributed by atoms with E-state index < -0.39 is 67.4 Å². The van der Waals surface area contributed by atoms with E-state index in [4.69, 9.17) is 14.2 Å². The summed E-state index contributed by atoms with van der Waals surface area (Å²) >= 11 is 0. The van der Waals surface area contributed by atoms with E-state index in [1.54, 1.807) is 12.2 Å². The molecule has 1 heterocycles. The second-order valence-corrected chi connectivity index (χ2v) is 18.9. The number of amides is 1. The lowest BCUT2D eigenvalue weighted by Gasteiger charge is -2.41. The molecule has 6 N–H and O–H groups in total. The maximum atomic E-state index is 13.3. The van der Waals surface area contributed by atoms with E-state index >= 15 is 0 Å². The molecule has 0 bridgehead atoms. The number of allylic oxidation sites excluding steroid dienone is 18. The van der Waals surface area contributed by atoms with Gasteiger partial charge in [0, 0.05) is 12.8 Å². The van der Waals surface area contributed by atoms with Gasteiger partial charge in [-0.1, -0.05) is 213 Å². The first-order valence-corrected chi connectivity index (χ1v) is 28.3. The van der Waals surface area contributed by atoms with Crippen molar-refractivity contribution in [2.24, 2.45) is 0 Å². The molecule has 0 radical (unpaired) electrons. The van der Waals surface area contributed by atoms with Crippen LogP contribution in [0.1, 0.15) is 194 Å². The highest BCUT2D eigenvalue weighted by Gasteiger charge is 2.47. The number of aliphatic hydroxyl groups excluding tert-OH is 5. The first-order chi connectivity index (χ1) is 35.7. The lowest BCUT2D eigenvalue weighted by molar-refractivity contribution is -0.305. The molecule has 0 aromatic rings. The molecule has 73 heavy (non-hydrogen) atoms. The van der Waals surface area contributed by atoms with Gasteiger partial charge in [0.25, 0.3) is 0 Å². The van der Waals surface area contributed by atoms with Crippen LogP contribution in [0.3, 0.4) is 0 Å². The third kappa shape index (κ3) is 37.4. The van der Waals surface area contributed by atoms with Gasteiger partial charge in [-0.05, 0) is 89.9 Å². The Hall–Kier alpha value is -3.94. The Morgan fingerprint density at radius 1 is 0.548 bits per heavy atom. The summed E-state index contributed by atoms with van der Waals surface area (Å²) in [4.78, 5) is 26.4. The van der Waals surface area contributed by atoms with E-state index in [-0.39, 0.29) is 19.4 Å². The summed E-state index contributed by atoms with van der Waals surface area (Å²) in [6.45, 7) is 5.46. The Morgan fingerprint density at radius 3 is 1.48 bits per heavy atom. The van der Waals surface area contributed by atoms with E-state index in [2.05, 4.69) is 117 Å². The van der Waals surface area contributed by atoms with Crippen molar-refractivity contribution < 1.29 is 49.3 Å². The number of hydrogen-bond acceptors (Lipinski definition) is 10. The molecule has 1 aliphatic heterocycles. The van der Waals surface area contributed by atoms with Crippen LogP contribution in [0.5, 0.6) is 0 Å². The Morgan fingerprint density at radius 2 is 0.986 bits per heavy atom. The maximum Gasteiger partial charge on any atom is 0.306 e. The fourth-order valence-corrected chi connectivity index (χ4v) is 7.91. The van der Waals surface area contributed by atoms with Gasteiger partial charge in [0.05, 0.1) is 25.4 Å². The van der Waals surface area contributed by atoms with Crippen LogP contribution in [-0.2, 0) is 23.8 Å². The molecule has 11 heteroatoms. The van der Waals surface area contributed by atoms with Gasteiger partial charge in [0.2, 0.25) is 5.91 Å². The number of rotatable bonds is 45. The largest absolute Gasteiger partial charge is 0.454 e. The van der Waals surface area contributed by atoms with E-state index in [0.717, 1.165) is 103 Å². The van der Waals surface area contributed by atoms with Gasteiger partial charge in [-0.25, -0.2) is 0 Å². The van der Waals surface area contributed by atoms with E-state index in [9.17, 15) is 35.1 Å². The average molecular weight is 1020 g/mol. The van der Waals surface area contributed by atoms with Crippen molar-refractivity contribution in [3.05, 3.63) is 122 Å². The summed E-state index contributed by atoms with van der Waals surface area (Å²) in [7, 11) is 0. The summed E-state index contributed by atoms with van der Waals surface area (Å²) in [5.74, 6) is -1.32. The van der Waals surface area contributed by atoms with Crippen molar-refractivity contribution in [1.29, 1.82) is 0 Å². The van der Waals surface area contributed by atoms with Gasteiger partial charge in [0.15, 0.2) is 12.4 Å².